The Morgan fingerprint density at radius 3 is 2.89 bits per heavy atom. The molecule has 0 saturated carbocycles. The standard InChI is InChI=1S/C19H15N5O2S/c25-16-9-11(10-24(16)17-12-5-1-2-6-13(12)22-23-17)18(26)21-19-20-14-7-3-4-8-15(14)27-19/h1-8,11H,9-10H2,(H,22,23)(H,20,21,26). The molecular weight excluding hydrogens is 362 g/mol. The molecule has 2 aromatic heterocycles. The second-order valence-corrected chi connectivity index (χ2v) is 7.50. The summed E-state index contributed by atoms with van der Waals surface area (Å²) in [6.07, 6.45) is 0.165. The summed E-state index contributed by atoms with van der Waals surface area (Å²) in [6, 6.07) is 15.4. The molecule has 7 nitrogen and oxygen atoms in total. The summed E-state index contributed by atoms with van der Waals surface area (Å²) in [5, 5.41) is 11.5. The van der Waals surface area contributed by atoms with Crippen molar-refractivity contribution in [3.05, 3.63) is 48.5 Å². The second-order valence-electron chi connectivity index (χ2n) is 6.47. The summed E-state index contributed by atoms with van der Waals surface area (Å²) < 4.78 is 1.01. The Bertz CT molecular complexity index is 1150. The van der Waals surface area contributed by atoms with Crippen LogP contribution in [0.4, 0.5) is 10.9 Å². The maximum absolute atomic E-state index is 12.7. The topological polar surface area (TPSA) is 91.0 Å². The minimum Gasteiger partial charge on any atom is -0.302 e. The minimum absolute atomic E-state index is 0.100. The number of nitrogens with one attached hydrogen (secondary N) is 2. The zero-order valence-electron chi connectivity index (χ0n) is 14.2. The largest absolute Gasteiger partial charge is 0.302 e. The van der Waals surface area contributed by atoms with Crippen LogP contribution in [0.15, 0.2) is 48.5 Å². The van der Waals surface area contributed by atoms with E-state index in [0.29, 0.717) is 17.5 Å². The molecule has 3 heterocycles. The van der Waals surface area contributed by atoms with E-state index in [1.54, 1.807) is 4.90 Å². The van der Waals surface area contributed by atoms with Gasteiger partial charge in [0.15, 0.2) is 10.9 Å². The SMILES string of the molecule is O=C(Nc1nc2ccccc2s1)C1CC(=O)N(c2n[nH]c3ccccc23)C1. The van der Waals surface area contributed by atoms with E-state index in [0.717, 1.165) is 21.1 Å². The van der Waals surface area contributed by atoms with Gasteiger partial charge in [-0.2, -0.15) is 5.10 Å². The molecule has 1 fully saturated rings. The molecular formula is C19H15N5O2S. The third-order valence-electron chi connectivity index (χ3n) is 4.73. The van der Waals surface area contributed by atoms with Gasteiger partial charge in [0, 0.05) is 18.4 Å². The molecule has 1 saturated heterocycles. The fourth-order valence-corrected chi connectivity index (χ4v) is 4.24. The first kappa shape index (κ1) is 16.0. The van der Waals surface area contributed by atoms with Crippen molar-refractivity contribution in [2.75, 3.05) is 16.8 Å². The fraction of sp³-hybridized carbons (Fsp3) is 0.158. The number of aromatic nitrogens is 3. The molecule has 8 heteroatoms. The van der Waals surface area contributed by atoms with E-state index in [1.165, 1.54) is 11.3 Å². The number of para-hydroxylation sites is 2. The van der Waals surface area contributed by atoms with Gasteiger partial charge in [-0.3, -0.25) is 19.6 Å². The van der Waals surface area contributed by atoms with E-state index >= 15 is 0 Å². The zero-order chi connectivity index (χ0) is 18.4. The molecule has 134 valence electrons. The highest BCUT2D eigenvalue weighted by molar-refractivity contribution is 7.22. The Kier molecular flexibility index (Phi) is 3.64. The summed E-state index contributed by atoms with van der Waals surface area (Å²) in [5.41, 5.74) is 1.72. The van der Waals surface area contributed by atoms with Crippen molar-refractivity contribution >= 4 is 55.2 Å². The van der Waals surface area contributed by atoms with Crippen LogP contribution in [0.1, 0.15) is 6.42 Å². The lowest BCUT2D eigenvalue weighted by Gasteiger charge is -2.13. The molecule has 1 aliphatic rings. The fourth-order valence-electron chi connectivity index (χ4n) is 3.38. The van der Waals surface area contributed by atoms with Crippen LogP contribution < -0.4 is 10.2 Å². The molecule has 0 aliphatic carbocycles. The van der Waals surface area contributed by atoms with E-state index in [9.17, 15) is 9.59 Å². The molecule has 2 amide bonds. The number of carbonyl (C=O) groups is 2. The van der Waals surface area contributed by atoms with Crippen LogP contribution in [0.25, 0.3) is 21.1 Å². The van der Waals surface area contributed by atoms with Gasteiger partial charge in [-0.25, -0.2) is 4.98 Å². The van der Waals surface area contributed by atoms with Crippen LogP contribution in [0.2, 0.25) is 0 Å². The van der Waals surface area contributed by atoms with Crippen LogP contribution in [0.5, 0.6) is 0 Å². The van der Waals surface area contributed by atoms with Gasteiger partial charge in [-0.15, -0.1) is 0 Å². The summed E-state index contributed by atoms with van der Waals surface area (Å²) in [5.74, 6) is -0.146. The number of benzene rings is 2. The third-order valence-corrected chi connectivity index (χ3v) is 5.68. The monoisotopic (exact) mass is 377 g/mol. The number of H-pyrrole nitrogens is 1. The van der Waals surface area contributed by atoms with Crippen LogP contribution in [-0.2, 0) is 9.59 Å². The first-order chi connectivity index (χ1) is 13.2. The van der Waals surface area contributed by atoms with E-state index in [2.05, 4.69) is 20.5 Å². The Balaban J connectivity index is 1.35. The van der Waals surface area contributed by atoms with Crippen molar-refractivity contribution in [2.45, 2.75) is 6.42 Å². The van der Waals surface area contributed by atoms with Gasteiger partial charge in [0.2, 0.25) is 11.8 Å². The Hall–Kier alpha value is -3.26. The van der Waals surface area contributed by atoms with Gasteiger partial charge in [0.05, 0.1) is 21.7 Å². The first-order valence-corrected chi connectivity index (χ1v) is 9.40. The molecule has 1 aliphatic heterocycles. The Labute approximate surface area is 158 Å². The van der Waals surface area contributed by atoms with Crippen LogP contribution in [-0.4, -0.2) is 33.5 Å². The number of thiazole rings is 1. The highest BCUT2D eigenvalue weighted by atomic mass is 32.1. The number of amides is 2. The van der Waals surface area contributed by atoms with Gasteiger partial charge >= 0.3 is 0 Å². The number of hydrogen-bond donors (Lipinski definition) is 2. The smallest absolute Gasteiger partial charge is 0.231 e. The number of aromatic amines is 1. The maximum atomic E-state index is 12.7. The van der Waals surface area contributed by atoms with Gasteiger partial charge in [0.25, 0.3) is 0 Å². The highest BCUT2D eigenvalue weighted by Crippen LogP contribution is 2.31. The lowest BCUT2D eigenvalue weighted by molar-refractivity contribution is -0.122. The predicted octanol–water partition coefficient (Wildman–Crippen LogP) is 3.16. The number of carbonyl (C=O) groups excluding carboxylic acids is 2. The Morgan fingerprint density at radius 1 is 1.19 bits per heavy atom. The van der Waals surface area contributed by atoms with Crippen molar-refractivity contribution < 1.29 is 9.59 Å². The number of anilines is 2. The first-order valence-electron chi connectivity index (χ1n) is 8.59. The predicted molar refractivity (Wildman–Crippen MR) is 105 cm³/mol. The maximum Gasteiger partial charge on any atom is 0.231 e. The normalized spacial score (nSPS) is 17.1. The lowest BCUT2D eigenvalue weighted by Crippen LogP contribution is -2.28. The summed E-state index contributed by atoms with van der Waals surface area (Å²) in [6.45, 7) is 0.310. The molecule has 1 atom stereocenters. The molecule has 27 heavy (non-hydrogen) atoms. The molecule has 0 radical (unpaired) electrons. The number of nitrogens with zero attached hydrogens (tertiary/aromatic N) is 3. The molecule has 2 N–H and O–H groups in total. The van der Waals surface area contributed by atoms with Crippen molar-refractivity contribution in [1.82, 2.24) is 15.2 Å². The summed E-state index contributed by atoms with van der Waals surface area (Å²) in [4.78, 5) is 31.2. The van der Waals surface area contributed by atoms with Crippen molar-refractivity contribution in [2.24, 2.45) is 5.92 Å². The Morgan fingerprint density at radius 2 is 2.00 bits per heavy atom. The van der Waals surface area contributed by atoms with Gasteiger partial charge in [-0.1, -0.05) is 35.6 Å². The van der Waals surface area contributed by atoms with Gasteiger partial charge in [-0.05, 0) is 24.3 Å². The number of rotatable bonds is 3. The van der Waals surface area contributed by atoms with Crippen molar-refractivity contribution in [3.63, 3.8) is 0 Å². The molecule has 2 aromatic carbocycles. The highest BCUT2D eigenvalue weighted by Gasteiger charge is 2.37. The lowest BCUT2D eigenvalue weighted by atomic mass is 10.1. The number of fused-ring (bicyclic) bond motifs is 2. The minimum atomic E-state index is -0.431. The zero-order valence-corrected chi connectivity index (χ0v) is 15.0. The molecule has 5 rings (SSSR count). The van der Waals surface area contributed by atoms with Crippen LogP contribution in [0.3, 0.4) is 0 Å². The quantitative estimate of drug-likeness (QED) is 0.574. The van der Waals surface area contributed by atoms with Gasteiger partial charge in [0.1, 0.15) is 0 Å². The van der Waals surface area contributed by atoms with E-state index < -0.39 is 5.92 Å². The number of hydrogen-bond acceptors (Lipinski definition) is 5. The van der Waals surface area contributed by atoms with Crippen LogP contribution >= 0.6 is 11.3 Å². The van der Waals surface area contributed by atoms with Crippen LogP contribution in [0, 0.1) is 5.92 Å². The summed E-state index contributed by atoms with van der Waals surface area (Å²) >= 11 is 1.43. The van der Waals surface area contributed by atoms with E-state index in [-0.39, 0.29) is 18.2 Å². The third kappa shape index (κ3) is 2.74. The molecule has 4 aromatic rings. The van der Waals surface area contributed by atoms with E-state index in [1.807, 2.05) is 48.5 Å². The molecule has 0 spiro atoms. The van der Waals surface area contributed by atoms with Crippen molar-refractivity contribution in [1.29, 1.82) is 0 Å². The average molecular weight is 377 g/mol. The van der Waals surface area contributed by atoms with Crippen molar-refractivity contribution in [3.8, 4) is 0 Å². The molecule has 1 unspecified atom stereocenters. The van der Waals surface area contributed by atoms with E-state index in [4.69, 9.17) is 0 Å². The second kappa shape index (κ2) is 6.17. The summed E-state index contributed by atoms with van der Waals surface area (Å²) in [7, 11) is 0. The average Bonchev–Trinajstić information content (AvgIpc) is 3.37. The van der Waals surface area contributed by atoms with Gasteiger partial charge < -0.3 is 5.32 Å². The molecule has 0 bridgehead atoms.